The Morgan fingerprint density at radius 2 is 1.84 bits per heavy atom. The Morgan fingerprint density at radius 1 is 1.12 bits per heavy atom. The number of benzene rings is 1. The van der Waals surface area contributed by atoms with Gasteiger partial charge in [0.2, 0.25) is 10.0 Å². The number of hydrogen-bond donors (Lipinski definition) is 1. The Labute approximate surface area is 148 Å². The van der Waals surface area contributed by atoms with Crippen LogP contribution in [0.25, 0.3) is 0 Å². The van der Waals surface area contributed by atoms with Crippen molar-refractivity contribution < 1.29 is 13.2 Å². The third-order valence-electron chi connectivity index (χ3n) is 4.56. The maximum atomic E-state index is 12.9. The summed E-state index contributed by atoms with van der Waals surface area (Å²) in [5.74, 6) is -0.266. The summed E-state index contributed by atoms with van der Waals surface area (Å²) >= 11 is 0. The molecule has 1 aliphatic heterocycles. The zero-order valence-corrected chi connectivity index (χ0v) is 15.3. The highest BCUT2D eigenvalue weighted by Crippen LogP contribution is 2.26. The van der Waals surface area contributed by atoms with E-state index in [1.807, 2.05) is 0 Å². The molecular weight excluding hydrogens is 338 g/mol. The lowest BCUT2D eigenvalue weighted by Crippen LogP contribution is -2.36. The highest BCUT2D eigenvalue weighted by Gasteiger charge is 2.27. The van der Waals surface area contributed by atoms with Gasteiger partial charge in [-0.25, -0.2) is 8.42 Å². The van der Waals surface area contributed by atoms with Crippen LogP contribution in [-0.4, -0.2) is 36.3 Å². The molecule has 0 aliphatic carbocycles. The Bertz CT molecular complexity index is 881. The summed E-state index contributed by atoms with van der Waals surface area (Å²) in [4.78, 5) is 12.6. The summed E-state index contributed by atoms with van der Waals surface area (Å²) in [6.45, 7) is 2.89. The van der Waals surface area contributed by atoms with Crippen molar-refractivity contribution in [1.82, 2.24) is 8.87 Å². The Morgan fingerprint density at radius 3 is 2.48 bits per heavy atom. The van der Waals surface area contributed by atoms with Gasteiger partial charge in [-0.05, 0) is 49.6 Å². The van der Waals surface area contributed by atoms with Gasteiger partial charge in [-0.2, -0.15) is 4.31 Å². The summed E-state index contributed by atoms with van der Waals surface area (Å²) in [6, 6.07) is 8.52. The maximum Gasteiger partial charge on any atom is 0.272 e. The van der Waals surface area contributed by atoms with E-state index in [9.17, 15) is 13.2 Å². The number of hydrogen-bond acceptors (Lipinski definition) is 3. The molecule has 2 heterocycles. The topological polar surface area (TPSA) is 71.4 Å². The largest absolute Gasteiger partial charge is 0.347 e. The van der Waals surface area contributed by atoms with E-state index in [0.717, 1.165) is 19.3 Å². The summed E-state index contributed by atoms with van der Waals surface area (Å²) < 4.78 is 29.1. The van der Waals surface area contributed by atoms with Crippen LogP contribution in [0.4, 0.5) is 5.69 Å². The molecule has 0 unspecified atom stereocenters. The van der Waals surface area contributed by atoms with Gasteiger partial charge in [0.25, 0.3) is 5.91 Å². The quantitative estimate of drug-likeness (QED) is 0.910. The number of rotatable bonds is 4. The molecule has 2 aromatic rings. The highest BCUT2D eigenvalue weighted by molar-refractivity contribution is 7.89. The van der Waals surface area contributed by atoms with Crippen molar-refractivity contribution in [3.8, 4) is 0 Å². The molecule has 134 valence electrons. The lowest BCUT2D eigenvalue weighted by molar-refractivity contribution is 0.101. The highest BCUT2D eigenvalue weighted by atomic mass is 32.2. The second-order valence-corrected chi connectivity index (χ2v) is 8.31. The van der Waals surface area contributed by atoms with Gasteiger partial charge in [0.1, 0.15) is 5.69 Å². The van der Waals surface area contributed by atoms with E-state index >= 15 is 0 Å². The average molecular weight is 361 g/mol. The molecule has 1 aromatic carbocycles. The molecule has 0 atom stereocenters. The van der Waals surface area contributed by atoms with Gasteiger partial charge in [0.05, 0.1) is 4.90 Å². The van der Waals surface area contributed by atoms with E-state index in [-0.39, 0.29) is 10.8 Å². The summed E-state index contributed by atoms with van der Waals surface area (Å²) in [7, 11) is -1.75. The van der Waals surface area contributed by atoms with Crippen LogP contribution in [0.3, 0.4) is 0 Å². The molecule has 7 heteroatoms. The molecule has 1 aromatic heterocycles. The minimum atomic E-state index is -3.54. The monoisotopic (exact) mass is 361 g/mol. The van der Waals surface area contributed by atoms with Crippen molar-refractivity contribution >= 4 is 21.6 Å². The average Bonchev–Trinajstić information content (AvgIpc) is 3.03. The summed E-state index contributed by atoms with van der Waals surface area (Å²) in [6.07, 6.45) is 4.64. The molecule has 0 saturated carbocycles. The number of nitrogens with one attached hydrogen (secondary N) is 1. The van der Waals surface area contributed by atoms with Crippen molar-refractivity contribution in [2.45, 2.75) is 31.1 Å². The number of anilines is 1. The second-order valence-electron chi connectivity index (χ2n) is 6.40. The molecule has 25 heavy (non-hydrogen) atoms. The maximum absolute atomic E-state index is 12.9. The van der Waals surface area contributed by atoms with Crippen molar-refractivity contribution in [2.24, 2.45) is 7.05 Å². The van der Waals surface area contributed by atoms with Gasteiger partial charge in [-0.1, -0.05) is 12.5 Å². The molecule has 0 bridgehead atoms. The fourth-order valence-electron chi connectivity index (χ4n) is 3.09. The molecule has 6 nitrogen and oxygen atoms in total. The molecule has 1 amide bonds. The van der Waals surface area contributed by atoms with E-state index < -0.39 is 10.0 Å². The minimum Gasteiger partial charge on any atom is -0.347 e. The zero-order chi connectivity index (χ0) is 18.0. The zero-order valence-electron chi connectivity index (χ0n) is 14.5. The van der Waals surface area contributed by atoms with Crippen LogP contribution < -0.4 is 5.32 Å². The van der Waals surface area contributed by atoms with Crippen LogP contribution in [0.5, 0.6) is 0 Å². The predicted molar refractivity (Wildman–Crippen MR) is 97.2 cm³/mol. The van der Waals surface area contributed by atoms with Crippen molar-refractivity contribution in [3.63, 3.8) is 0 Å². The van der Waals surface area contributed by atoms with Crippen LogP contribution >= 0.6 is 0 Å². The van der Waals surface area contributed by atoms with Crippen molar-refractivity contribution in [1.29, 1.82) is 0 Å². The van der Waals surface area contributed by atoms with Gasteiger partial charge in [-0.15, -0.1) is 0 Å². The first-order valence-electron chi connectivity index (χ1n) is 8.43. The second kappa shape index (κ2) is 7.01. The molecule has 0 radical (unpaired) electrons. The third-order valence-corrected chi connectivity index (χ3v) is 6.60. The van der Waals surface area contributed by atoms with Crippen LogP contribution in [0.1, 0.15) is 35.3 Å². The van der Waals surface area contributed by atoms with Gasteiger partial charge >= 0.3 is 0 Å². The van der Waals surface area contributed by atoms with Gasteiger partial charge in [-0.3, -0.25) is 4.79 Å². The van der Waals surface area contributed by atoms with Gasteiger partial charge in [0.15, 0.2) is 0 Å². The normalized spacial score (nSPS) is 15.9. The SMILES string of the molecule is Cc1ccc(NC(=O)c2cccn2C)cc1S(=O)(=O)N1CCCCC1. The van der Waals surface area contributed by atoms with Crippen LogP contribution in [0, 0.1) is 6.92 Å². The molecule has 1 aliphatic rings. The van der Waals surface area contributed by atoms with Crippen molar-refractivity contribution in [2.75, 3.05) is 18.4 Å². The lowest BCUT2D eigenvalue weighted by atomic mass is 10.2. The molecular formula is C18H23N3O3S. The predicted octanol–water partition coefficient (Wildman–Crippen LogP) is 2.76. The van der Waals surface area contributed by atoms with Crippen LogP contribution in [0.2, 0.25) is 0 Å². The Balaban J connectivity index is 1.88. The first-order chi connectivity index (χ1) is 11.9. The number of carbonyl (C=O) groups excluding carboxylic acids is 1. The molecule has 1 fully saturated rings. The number of amides is 1. The molecule has 0 spiro atoms. The number of sulfonamides is 1. The number of nitrogens with zero attached hydrogens (tertiary/aromatic N) is 2. The van der Waals surface area contributed by atoms with Crippen LogP contribution in [-0.2, 0) is 17.1 Å². The molecule has 3 rings (SSSR count). The Kier molecular flexibility index (Phi) is 4.96. The van der Waals surface area contributed by atoms with Gasteiger partial charge in [0, 0.05) is 32.0 Å². The fraction of sp³-hybridized carbons (Fsp3) is 0.389. The number of aryl methyl sites for hydroxylation is 2. The van der Waals surface area contributed by atoms with E-state index in [1.54, 1.807) is 59.4 Å². The molecule has 1 N–H and O–H groups in total. The minimum absolute atomic E-state index is 0.263. The van der Waals surface area contributed by atoms with Crippen molar-refractivity contribution in [3.05, 3.63) is 47.8 Å². The number of piperidine rings is 1. The smallest absolute Gasteiger partial charge is 0.272 e. The van der Waals surface area contributed by atoms with E-state index in [4.69, 9.17) is 0 Å². The fourth-order valence-corrected chi connectivity index (χ4v) is 4.86. The third kappa shape index (κ3) is 3.62. The first-order valence-corrected chi connectivity index (χ1v) is 9.87. The summed E-state index contributed by atoms with van der Waals surface area (Å²) in [5, 5.41) is 2.79. The van der Waals surface area contributed by atoms with E-state index in [2.05, 4.69) is 5.32 Å². The standard InChI is InChI=1S/C18H23N3O3S/c1-14-8-9-15(19-18(22)16-7-6-10-20(16)2)13-17(14)25(23,24)21-11-4-3-5-12-21/h6-10,13H,3-5,11-12H2,1-2H3,(H,19,22). The number of aromatic nitrogens is 1. The summed E-state index contributed by atoms with van der Waals surface area (Å²) in [5.41, 5.74) is 1.68. The number of carbonyl (C=O) groups is 1. The first kappa shape index (κ1) is 17.7. The van der Waals surface area contributed by atoms with E-state index in [1.165, 1.54) is 0 Å². The van der Waals surface area contributed by atoms with Crippen LogP contribution in [0.15, 0.2) is 41.4 Å². The van der Waals surface area contributed by atoms with Gasteiger partial charge < -0.3 is 9.88 Å². The lowest BCUT2D eigenvalue weighted by Gasteiger charge is -2.26. The van der Waals surface area contributed by atoms with E-state index in [0.29, 0.717) is 30.0 Å². The molecule has 1 saturated heterocycles. The Hall–Kier alpha value is -2.12.